The van der Waals surface area contributed by atoms with E-state index < -0.39 is 34.9 Å². The van der Waals surface area contributed by atoms with Crippen LogP contribution in [0.5, 0.6) is 23.0 Å². The van der Waals surface area contributed by atoms with E-state index in [9.17, 15) is 25.1 Å². The number of carbonyl (C=O) groups is 1. The number of nitrogens with zero attached hydrogens (tertiary/aromatic N) is 2. The van der Waals surface area contributed by atoms with Crippen molar-refractivity contribution in [3.8, 4) is 23.0 Å². The van der Waals surface area contributed by atoms with Gasteiger partial charge in [0.05, 0.1) is 64.0 Å². The van der Waals surface area contributed by atoms with Gasteiger partial charge < -0.3 is 67.2 Å². The van der Waals surface area contributed by atoms with E-state index in [1.54, 1.807) is 0 Å². The van der Waals surface area contributed by atoms with Crippen LogP contribution in [-0.2, 0) is 66.8 Å². The summed E-state index contributed by atoms with van der Waals surface area (Å²) in [6, 6.07) is 58.7. The molecule has 2 unspecified atom stereocenters. The molecule has 2 N–H and O–H groups in total. The standard InChI is InChI=1S/C80H98N2O17/c1-62-53-63(2)55-64(54-62)23-20-39-78(61-96-76(83)35-22-42-98-80(59-82(86)87,68-28-12-6-13-29-68)69-30-14-7-15-31-69)60-91-47-50-93-72-34-17-16-33-71(72)92-48-45-88-43-44-89-46-49-94-73-37-36-65(56-74(73)95-51-52-97-78)58-90-41-21-32-70-57-75(81-99-70)79(66-24-8-4-9-25-66,67-26-10-5-11-27-67)40-19-18-38-77(3,84)85/h4-17,24-31,33-34,36-37,53-56,70,84-85H,18-23,32,35,38-52,57-61H2,1-3H3. The lowest BCUT2D eigenvalue weighted by atomic mass is 9.66. The van der Waals surface area contributed by atoms with Crippen molar-refractivity contribution in [2.75, 3.05) is 99.0 Å². The number of nitro groups is 1. The minimum Gasteiger partial charge on any atom is -0.487 e. The number of esters is 1. The van der Waals surface area contributed by atoms with Crippen LogP contribution in [0.1, 0.15) is 122 Å². The number of benzene rings is 7. The summed E-state index contributed by atoms with van der Waals surface area (Å²) >= 11 is 0. The van der Waals surface area contributed by atoms with E-state index in [1.807, 2.05) is 140 Å². The van der Waals surface area contributed by atoms with E-state index >= 15 is 0 Å². The van der Waals surface area contributed by atoms with E-state index in [1.165, 1.54) is 12.5 Å². The molecule has 0 saturated heterocycles. The van der Waals surface area contributed by atoms with Crippen LogP contribution in [0.25, 0.3) is 0 Å². The summed E-state index contributed by atoms with van der Waals surface area (Å²) in [5, 5.41) is 37.4. The number of carbonyl (C=O) groups excluding carboxylic acids is 1. The van der Waals surface area contributed by atoms with Crippen LogP contribution in [0.15, 0.2) is 187 Å². The Labute approximate surface area is 582 Å². The van der Waals surface area contributed by atoms with Crippen molar-refractivity contribution in [3.63, 3.8) is 0 Å². The smallest absolute Gasteiger partial charge is 0.305 e. The van der Waals surface area contributed by atoms with Crippen molar-refractivity contribution in [1.82, 2.24) is 0 Å². The van der Waals surface area contributed by atoms with Crippen molar-refractivity contribution in [3.05, 3.63) is 237 Å². The zero-order chi connectivity index (χ0) is 69.4. The highest BCUT2D eigenvalue weighted by Gasteiger charge is 2.44. The zero-order valence-electron chi connectivity index (χ0n) is 57.6. The molecule has 2 heterocycles. The molecule has 0 fully saturated rings. The van der Waals surface area contributed by atoms with Crippen LogP contribution < -0.4 is 18.9 Å². The second-order valence-corrected chi connectivity index (χ2v) is 25.7. The molecule has 7 aromatic rings. The third-order valence-corrected chi connectivity index (χ3v) is 17.7. The monoisotopic (exact) mass is 1360 g/mol. The number of hydrogen-bond donors (Lipinski definition) is 2. The van der Waals surface area contributed by atoms with Crippen molar-refractivity contribution < 1.29 is 76.9 Å². The van der Waals surface area contributed by atoms with Gasteiger partial charge in [0, 0.05) is 37.4 Å². The Morgan fingerprint density at radius 2 is 1.12 bits per heavy atom. The van der Waals surface area contributed by atoms with Crippen LogP contribution >= 0.6 is 0 Å². The second-order valence-electron chi connectivity index (χ2n) is 25.7. The van der Waals surface area contributed by atoms with Crippen LogP contribution in [0.2, 0.25) is 0 Å². The minimum absolute atomic E-state index is 0.0281. The molecule has 2 atom stereocenters. The second kappa shape index (κ2) is 38.9. The largest absolute Gasteiger partial charge is 0.487 e. The highest BCUT2D eigenvalue weighted by Crippen LogP contribution is 2.43. The minimum atomic E-state index is -1.74. The molecule has 19 heteroatoms. The highest BCUT2D eigenvalue weighted by molar-refractivity contribution is 5.99. The summed E-state index contributed by atoms with van der Waals surface area (Å²) < 4.78 is 69.4. The summed E-state index contributed by atoms with van der Waals surface area (Å²) in [4.78, 5) is 32.2. The third-order valence-electron chi connectivity index (χ3n) is 17.7. The van der Waals surface area contributed by atoms with Gasteiger partial charge in [0.25, 0.3) is 0 Å². The summed E-state index contributed by atoms with van der Waals surface area (Å²) in [5.74, 6) is -0.130. The number of ether oxygens (including phenoxy) is 11. The predicted molar refractivity (Wildman–Crippen MR) is 377 cm³/mol. The summed E-state index contributed by atoms with van der Waals surface area (Å²) in [6.45, 7) is 8.13. The Morgan fingerprint density at radius 1 is 0.586 bits per heavy atom. The number of para-hydroxylation sites is 2. The molecule has 0 spiro atoms. The first-order chi connectivity index (χ1) is 48.2. The summed E-state index contributed by atoms with van der Waals surface area (Å²) in [7, 11) is 0. The fourth-order valence-corrected chi connectivity index (χ4v) is 12.9. The summed E-state index contributed by atoms with van der Waals surface area (Å²) in [6.07, 6.45) is 6.30. The molecule has 0 radical (unpaired) electrons. The SMILES string of the molecule is Cc1cc(C)cc(CCCC2(COC(=O)CCCOC(C[N+](=O)[O-])(c3ccccc3)c3ccccc3)COCCOc3ccccc3OCCOCCOCCOc3ccc(COCCCC4CC(C(CCCCC(C)(O)O)(c5ccccc5)c5ccccc5)=NO4)cc3OCCO2)c1. The first-order valence-corrected chi connectivity index (χ1v) is 34.8. The van der Waals surface area contributed by atoms with Gasteiger partial charge in [-0.25, -0.2) is 0 Å². The number of rotatable bonds is 29. The van der Waals surface area contributed by atoms with Crippen molar-refractivity contribution in [2.24, 2.45) is 5.16 Å². The van der Waals surface area contributed by atoms with E-state index in [4.69, 9.17) is 62.1 Å². The van der Waals surface area contributed by atoms with Crippen LogP contribution in [-0.4, -0.2) is 143 Å². The first-order valence-electron chi connectivity index (χ1n) is 34.8. The van der Waals surface area contributed by atoms with Gasteiger partial charge in [-0.05, 0) is 130 Å². The maximum Gasteiger partial charge on any atom is 0.305 e. The molecule has 2 aliphatic rings. The number of aliphatic hydroxyl groups is 2. The van der Waals surface area contributed by atoms with E-state index in [-0.39, 0.29) is 83.1 Å². The lowest BCUT2D eigenvalue weighted by molar-refractivity contribution is -0.501. The van der Waals surface area contributed by atoms with Crippen LogP contribution in [0, 0.1) is 24.0 Å². The summed E-state index contributed by atoms with van der Waals surface area (Å²) in [5.41, 5.74) is 5.67. The predicted octanol–water partition coefficient (Wildman–Crippen LogP) is 13.6. The average Bonchev–Trinajstić information content (AvgIpc) is 1.75. The Kier molecular flexibility index (Phi) is 29.5. The molecule has 19 nitrogen and oxygen atoms in total. The maximum absolute atomic E-state index is 14.0. The third kappa shape index (κ3) is 23.4. The molecule has 0 saturated carbocycles. The van der Waals surface area contributed by atoms with Gasteiger partial charge in [-0.3, -0.25) is 14.9 Å². The molecule has 0 aromatic heterocycles. The maximum atomic E-state index is 14.0. The number of hydrogen-bond acceptors (Lipinski definition) is 18. The fraction of sp³-hybridized carbons (Fsp3) is 0.450. The lowest BCUT2D eigenvalue weighted by Crippen LogP contribution is -2.45. The van der Waals surface area contributed by atoms with Gasteiger partial charge in [0.15, 0.2) is 34.4 Å². The van der Waals surface area contributed by atoms with Gasteiger partial charge in [-0.1, -0.05) is 180 Å². The van der Waals surface area contributed by atoms with Gasteiger partial charge in [0.1, 0.15) is 44.7 Å². The van der Waals surface area contributed by atoms with E-state index in [0.29, 0.717) is 106 Å². The van der Waals surface area contributed by atoms with Gasteiger partial charge in [-0.2, -0.15) is 0 Å². The van der Waals surface area contributed by atoms with Gasteiger partial charge in [0.2, 0.25) is 6.54 Å². The fourth-order valence-electron chi connectivity index (χ4n) is 12.9. The zero-order valence-corrected chi connectivity index (χ0v) is 57.6. The van der Waals surface area contributed by atoms with E-state index in [2.05, 4.69) is 56.3 Å². The molecular formula is C80H98N2O17. The lowest BCUT2D eigenvalue weighted by Gasteiger charge is -2.35. The molecule has 0 amide bonds. The molecule has 530 valence electrons. The Bertz CT molecular complexity index is 3460. The number of oxime groups is 1. The number of fused-ring (bicyclic) bond motifs is 2. The van der Waals surface area contributed by atoms with Crippen molar-refractivity contribution >= 4 is 11.7 Å². The molecule has 0 bridgehead atoms. The molecule has 2 aliphatic heterocycles. The van der Waals surface area contributed by atoms with Crippen LogP contribution in [0.3, 0.4) is 0 Å². The average molecular weight is 1360 g/mol. The Morgan fingerprint density at radius 3 is 1.72 bits per heavy atom. The molecule has 9 rings (SSSR count). The Balaban J connectivity index is 0.877. The molecule has 7 aromatic carbocycles. The molecule has 99 heavy (non-hydrogen) atoms. The van der Waals surface area contributed by atoms with Gasteiger partial charge in [-0.15, -0.1) is 0 Å². The van der Waals surface area contributed by atoms with Crippen molar-refractivity contribution in [2.45, 2.75) is 133 Å². The van der Waals surface area contributed by atoms with E-state index in [0.717, 1.165) is 65.6 Å². The highest BCUT2D eigenvalue weighted by atomic mass is 16.6. The topological polar surface area (TPSA) is 224 Å². The number of aryl methyl sites for hydroxylation is 3. The molecular weight excluding hydrogens is 1260 g/mol. The van der Waals surface area contributed by atoms with Crippen LogP contribution in [0.4, 0.5) is 0 Å². The Hall–Kier alpha value is -8.24. The molecule has 0 aliphatic carbocycles. The first kappa shape index (κ1) is 75.0. The number of unbranched alkanes of at least 4 members (excludes halogenated alkanes) is 1. The quantitative estimate of drug-likeness (QED) is 0.0146. The normalized spacial score (nSPS) is 17.1. The van der Waals surface area contributed by atoms with Gasteiger partial charge >= 0.3 is 5.97 Å². The van der Waals surface area contributed by atoms with Crippen molar-refractivity contribution in [1.29, 1.82) is 0 Å².